The second kappa shape index (κ2) is 12.8. The molecule has 3 nitrogen and oxygen atoms in total. The van der Waals surface area contributed by atoms with E-state index in [9.17, 15) is 0 Å². The van der Waals surface area contributed by atoms with E-state index in [1.54, 1.807) is 0 Å². The van der Waals surface area contributed by atoms with Gasteiger partial charge in [0.2, 0.25) is 0 Å². The van der Waals surface area contributed by atoms with Crippen LogP contribution in [0.5, 0.6) is 0 Å². The van der Waals surface area contributed by atoms with Crippen molar-refractivity contribution in [3.8, 4) is 0 Å². The normalized spacial score (nSPS) is 12.7. The number of nitrogens with one attached hydrogen (secondary N) is 2. The Morgan fingerprint density at radius 2 is 2.20 bits per heavy atom. The van der Waals surface area contributed by atoms with Crippen LogP contribution in [-0.2, 0) is 0 Å². The van der Waals surface area contributed by atoms with Gasteiger partial charge in [0, 0.05) is 30.9 Å². The molecule has 116 valence electrons. The quantitative estimate of drug-likeness (QED) is 0.287. The molecule has 0 saturated carbocycles. The summed E-state index contributed by atoms with van der Waals surface area (Å²) in [5.74, 6) is 2.67. The van der Waals surface area contributed by atoms with Crippen molar-refractivity contribution in [1.29, 1.82) is 0 Å². The fourth-order valence-corrected chi connectivity index (χ4v) is 3.00. The molecular formula is C14H26IN3S2. The summed E-state index contributed by atoms with van der Waals surface area (Å²) in [4.78, 5) is 5.67. The maximum atomic E-state index is 4.25. The summed E-state index contributed by atoms with van der Waals surface area (Å²) < 4.78 is 0. The van der Waals surface area contributed by atoms with Crippen LogP contribution in [0.1, 0.15) is 30.6 Å². The molecule has 1 heterocycles. The van der Waals surface area contributed by atoms with Gasteiger partial charge in [-0.05, 0) is 36.3 Å². The third-order valence-electron chi connectivity index (χ3n) is 2.90. The second-order valence-corrected chi connectivity index (χ2v) is 6.46. The summed E-state index contributed by atoms with van der Waals surface area (Å²) in [6.07, 6.45) is 4.61. The highest BCUT2D eigenvalue weighted by molar-refractivity contribution is 14.0. The molecular weight excluding hydrogens is 401 g/mol. The molecule has 1 atom stereocenters. The minimum atomic E-state index is 0. The SMILES string of the molecule is CN=C(NCCCCSC)NCC(C)c1cccs1.I. The molecule has 1 aromatic heterocycles. The minimum absolute atomic E-state index is 0. The first kappa shape index (κ1) is 20.1. The van der Waals surface area contributed by atoms with Crippen LogP contribution >= 0.6 is 47.1 Å². The summed E-state index contributed by atoms with van der Waals surface area (Å²) >= 11 is 3.72. The number of nitrogens with zero attached hydrogens (tertiary/aromatic N) is 1. The van der Waals surface area contributed by atoms with Crippen molar-refractivity contribution in [3.05, 3.63) is 22.4 Å². The van der Waals surface area contributed by atoms with Gasteiger partial charge in [-0.15, -0.1) is 35.3 Å². The molecule has 1 aromatic rings. The number of thiophene rings is 1. The van der Waals surface area contributed by atoms with E-state index in [1.165, 1.54) is 23.5 Å². The summed E-state index contributed by atoms with van der Waals surface area (Å²) in [6.45, 7) is 4.16. The second-order valence-electron chi connectivity index (χ2n) is 4.50. The molecule has 0 spiro atoms. The van der Waals surface area contributed by atoms with Crippen LogP contribution in [0.15, 0.2) is 22.5 Å². The molecule has 0 fully saturated rings. The number of hydrogen-bond donors (Lipinski definition) is 2. The monoisotopic (exact) mass is 427 g/mol. The Morgan fingerprint density at radius 3 is 2.80 bits per heavy atom. The fraction of sp³-hybridized carbons (Fsp3) is 0.643. The number of halogens is 1. The molecule has 0 aliphatic carbocycles. The lowest BCUT2D eigenvalue weighted by molar-refractivity contribution is 0.692. The zero-order valence-electron chi connectivity index (χ0n) is 12.5. The van der Waals surface area contributed by atoms with Crippen molar-refractivity contribution in [2.24, 2.45) is 4.99 Å². The topological polar surface area (TPSA) is 36.4 Å². The molecule has 0 aliphatic rings. The molecule has 0 aliphatic heterocycles. The predicted molar refractivity (Wildman–Crippen MR) is 105 cm³/mol. The number of guanidine groups is 1. The van der Waals surface area contributed by atoms with E-state index in [0.29, 0.717) is 5.92 Å². The van der Waals surface area contributed by atoms with Crippen molar-refractivity contribution < 1.29 is 0 Å². The van der Waals surface area contributed by atoms with E-state index in [4.69, 9.17) is 0 Å². The third-order valence-corrected chi connectivity index (χ3v) is 4.70. The summed E-state index contributed by atoms with van der Waals surface area (Å²) in [5, 5.41) is 8.88. The Bertz CT molecular complexity index is 355. The first-order valence-electron chi connectivity index (χ1n) is 6.74. The standard InChI is InChI=1S/C14H25N3S2.HI/c1-12(13-7-6-10-19-13)11-17-14(15-2)16-8-4-5-9-18-3;/h6-7,10,12H,4-5,8-9,11H2,1-3H3,(H2,15,16,17);1H. The van der Waals surface area contributed by atoms with Crippen molar-refractivity contribution in [2.45, 2.75) is 25.7 Å². The van der Waals surface area contributed by atoms with E-state index in [1.807, 2.05) is 30.1 Å². The van der Waals surface area contributed by atoms with Crippen molar-refractivity contribution in [1.82, 2.24) is 10.6 Å². The van der Waals surface area contributed by atoms with Crippen LogP contribution in [0.4, 0.5) is 0 Å². The molecule has 0 saturated heterocycles. The largest absolute Gasteiger partial charge is 0.356 e. The molecule has 2 N–H and O–H groups in total. The van der Waals surface area contributed by atoms with Gasteiger partial charge in [0.15, 0.2) is 5.96 Å². The van der Waals surface area contributed by atoms with E-state index >= 15 is 0 Å². The summed E-state index contributed by atoms with van der Waals surface area (Å²) in [5.41, 5.74) is 0. The Labute approximate surface area is 148 Å². The average Bonchev–Trinajstić information content (AvgIpc) is 2.95. The smallest absolute Gasteiger partial charge is 0.190 e. The first-order chi connectivity index (χ1) is 9.27. The van der Waals surface area contributed by atoms with Gasteiger partial charge in [-0.1, -0.05) is 13.0 Å². The van der Waals surface area contributed by atoms with Crippen molar-refractivity contribution in [3.63, 3.8) is 0 Å². The molecule has 1 rings (SSSR count). The van der Waals surface area contributed by atoms with Crippen LogP contribution in [0.25, 0.3) is 0 Å². The van der Waals surface area contributed by atoms with Gasteiger partial charge >= 0.3 is 0 Å². The van der Waals surface area contributed by atoms with Crippen LogP contribution in [0.3, 0.4) is 0 Å². The number of aliphatic imine (C=N–C) groups is 1. The summed E-state index contributed by atoms with van der Waals surface area (Å²) in [7, 11) is 1.83. The Kier molecular flexibility index (Phi) is 12.8. The number of thioether (sulfide) groups is 1. The molecule has 0 radical (unpaired) electrons. The zero-order valence-corrected chi connectivity index (χ0v) is 16.5. The van der Waals surface area contributed by atoms with Gasteiger partial charge in [0.1, 0.15) is 0 Å². The van der Waals surface area contributed by atoms with Gasteiger partial charge < -0.3 is 10.6 Å². The molecule has 0 aromatic carbocycles. The van der Waals surface area contributed by atoms with E-state index in [0.717, 1.165) is 19.0 Å². The predicted octanol–water partition coefficient (Wildman–Crippen LogP) is 3.78. The fourth-order valence-electron chi connectivity index (χ4n) is 1.72. The van der Waals surface area contributed by atoms with Crippen LogP contribution in [0.2, 0.25) is 0 Å². The Balaban J connectivity index is 0.00000361. The van der Waals surface area contributed by atoms with Crippen molar-refractivity contribution in [2.75, 3.05) is 32.1 Å². The van der Waals surface area contributed by atoms with E-state index < -0.39 is 0 Å². The average molecular weight is 427 g/mol. The maximum Gasteiger partial charge on any atom is 0.190 e. The molecule has 20 heavy (non-hydrogen) atoms. The van der Waals surface area contributed by atoms with Crippen LogP contribution < -0.4 is 10.6 Å². The third kappa shape index (κ3) is 8.36. The molecule has 1 unspecified atom stereocenters. The van der Waals surface area contributed by atoms with Crippen LogP contribution in [-0.4, -0.2) is 38.1 Å². The number of hydrogen-bond acceptors (Lipinski definition) is 3. The highest BCUT2D eigenvalue weighted by Crippen LogP contribution is 2.19. The highest BCUT2D eigenvalue weighted by atomic mass is 127. The number of unbranched alkanes of at least 4 members (excludes halogenated alkanes) is 1. The molecule has 0 bridgehead atoms. The lowest BCUT2D eigenvalue weighted by atomic mass is 10.1. The first-order valence-corrected chi connectivity index (χ1v) is 9.02. The van der Waals surface area contributed by atoms with Gasteiger partial charge in [0.25, 0.3) is 0 Å². The maximum absolute atomic E-state index is 4.25. The van der Waals surface area contributed by atoms with Gasteiger partial charge in [0.05, 0.1) is 0 Å². The van der Waals surface area contributed by atoms with Gasteiger partial charge in [-0.2, -0.15) is 11.8 Å². The number of rotatable bonds is 8. The van der Waals surface area contributed by atoms with Gasteiger partial charge in [-0.25, -0.2) is 0 Å². The highest BCUT2D eigenvalue weighted by Gasteiger charge is 2.07. The van der Waals surface area contributed by atoms with E-state index in [2.05, 4.69) is 46.3 Å². The Hall–Kier alpha value is 0.0500. The molecule has 0 amide bonds. The molecule has 6 heteroatoms. The van der Waals surface area contributed by atoms with Crippen LogP contribution in [0, 0.1) is 0 Å². The van der Waals surface area contributed by atoms with E-state index in [-0.39, 0.29) is 24.0 Å². The lowest BCUT2D eigenvalue weighted by Gasteiger charge is -2.15. The summed E-state index contributed by atoms with van der Waals surface area (Å²) in [6, 6.07) is 4.30. The van der Waals surface area contributed by atoms with Crippen molar-refractivity contribution >= 4 is 53.0 Å². The zero-order chi connectivity index (χ0) is 13.9. The minimum Gasteiger partial charge on any atom is -0.356 e. The lowest BCUT2D eigenvalue weighted by Crippen LogP contribution is -2.39. The van der Waals surface area contributed by atoms with Gasteiger partial charge in [-0.3, -0.25) is 4.99 Å². The Morgan fingerprint density at radius 1 is 1.40 bits per heavy atom.